The summed E-state index contributed by atoms with van der Waals surface area (Å²) < 4.78 is 5.48. The molecule has 2 saturated heterocycles. The molecule has 5 atom stereocenters. The van der Waals surface area contributed by atoms with E-state index in [1.165, 1.54) is 28.6 Å². The molecule has 2 aromatic rings. The Hall–Kier alpha value is -2.01. The van der Waals surface area contributed by atoms with Gasteiger partial charge in [0.1, 0.15) is 5.75 Å². The maximum absolute atomic E-state index is 13.3. The van der Waals surface area contributed by atoms with Crippen LogP contribution in [0.2, 0.25) is 0 Å². The van der Waals surface area contributed by atoms with Crippen molar-refractivity contribution in [3.05, 3.63) is 29.5 Å². The van der Waals surface area contributed by atoms with Gasteiger partial charge < -0.3 is 14.6 Å². The largest absolute Gasteiger partial charge is 0.497 e. The van der Waals surface area contributed by atoms with Crippen LogP contribution in [-0.4, -0.2) is 60.0 Å². The molecule has 6 rings (SSSR count). The van der Waals surface area contributed by atoms with Crippen LogP contribution in [0.1, 0.15) is 43.9 Å². The molecule has 5 unspecified atom stereocenters. The van der Waals surface area contributed by atoms with Crippen molar-refractivity contribution < 1.29 is 9.53 Å². The maximum Gasteiger partial charge on any atom is 0.227 e. The number of ether oxygens (including phenoxy) is 1. The molecule has 0 radical (unpaired) electrons. The summed E-state index contributed by atoms with van der Waals surface area (Å²) in [6.45, 7) is 8.03. The number of nitrogens with zero attached hydrogens (tertiary/aromatic N) is 2. The summed E-state index contributed by atoms with van der Waals surface area (Å²) >= 11 is 0. The highest BCUT2D eigenvalue weighted by Crippen LogP contribution is 2.50. The van der Waals surface area contributed by atoms with Crippen molar-refractivity contribution >= 4 is 16.8 Å². The number of hydrogen-bond donors (Lipinski definition) is 1. The molecule has 150 valence electrons. The minimum atomic E-state index is 0.143. The predicted octanol–water partition coefficient (Wildman–Crippen LogP) is 3.40. The molecule has 0 spiro atoms. The lowest BCUT2D eigenvalue weighted by Gasteiger charge is -2.53. The van der Waals surface area contributed by atoms with Crippen LogP contribution in [0.5, 0.6) is 5.75 Å². The standard InChI is InChI=1S/C23H31N3O2/c1-4-25(5-2)23(27)19-11-14-10-18-21-16(8-9-26(13-14)22(18)19)17-12-15(28-3)6-7-20(17)24-21/h6-7,12,14,18-19,22,24H,4-5,8-11,13H2,1-3H3. The van der Waals surface area contributed by atoms with Crippen molar-refractivity contribution in [2.75, 3.05) is 33.3 Å². The first-order chi connectivity index (χ1) is 13.6. The minimum Gasteiger partial charge on any atom is -0.497 e. The maximum atomic E-state index is 13.3. The van der Waals surface area contributed by atoms with Gasteiger partial charge in [0.2, 0.25) is 5.91 Å². The second kappa shape index (κ2) is 6.80. The number of carbonyl (C=O) groups is 1. The van der Waals surface area contributed by atoms with Crippen molar-refractivity contribution in [2.24, 2.45) is 11.8 Å². The van der Waals surface area contributed by atoms with Gasteiger partial charge in [0.25, 0.3) is 0 Å². The Morgan fingerprint density at radius 1 is 1.29 bits per heavy atom. The molecule has 4 heterocycles. The third-order valence-electron chi connectivity index (χ3n) is 7.47. The molecule has 1 N–H and O–H groups in total. The molecule has 1 saturated carbocycles. The summed E-state index contributed by atoms with van der Waals surface area (Å²) in [5.41, 5.74) is 4.04. The van der Waals surface area contributed by atoms with Gasteiger partial charge in [-0.05, 0) is 62.8 Å². The van der Waals surface area contributed by atoms with Gasteiger partial charge >= 0.3 is 0 Å². The summed E-state index contributed by atoms with van der Waals surface area (Å²) in [6, 6.07) is 6.69. The van der Waals surface area contributed by atoms with Crippen LogP contribution < -0.4 is 4.74 Å². The number of aromatic amines is 1. The molecule has 5 heteroatoms. The molecule has 3 aliphatic heterocycles. The Morgan fingerprint density at radius 3 is 2.86 bits per heavy atom. The third kappa shape index (κ3) is 2.59. The molecular formula is C23H31N3O2. The highest BCUT2D eigenvalue weighted by Gasteiger charge is 2.52. The fourth-order valence-corrected chi connectivity index (χ4v) is 6.25. The predicted molar refractivity (Wildman–Crippen MR) is 111 cm³/mol. The monoisotopic (exact) mass is 381 g/mol. The van der Waals surface area contributed by atoms with Crippen LogP contribution in [-0.2, 0) is 11.2 Å². The van der Waals surface area contributed by atoms with Crippen molar-refractivity contribution in [1.82, 2.24) is 14.8 Å². The lowest BCUT2D eigenvalue weighted by Crippen LogP contribution is -2.60. The van der Waals surface area contributed by atoms with E-state index in [-0.39, 0.29) is 5.92 Å². The quantitative estimate of drug-likeness (QED) is 0.883. The van der Waals surface area contributed by atoms with Crippen LogP contribution in [0.4, 0.5) is 0 Å². The van der Waals surface area contributed by atoms with Gasteiger partial charge in [0, 0.05) is 54.7 Å². The van der Waals surface area contributed by atoms with Gasteiger partial charge in [-0.3, -0.25) is 9.69 Å². The molecule has 28 heavy (non-hydrogen) atoms. The van der Waals surface area contributed by atoms with Crippen LogP contribution in [0, 0.1) is 11.8 Å². The average molecular weight is 382 g/mol. The number of hydrogen-bond acceptors (Lipinski definition) is 3. The second-order valence-electron chi connectivity index (χ2n) is 8.73. The number of piperidine rings is 2. The van der Waals surface area contributed by atoms with Gasteiger partial charge in [-0.25, -0.2) is 0 Å². The first-order valence-electron chi connectivity index (χ1n) is 10.9. The zero-order valence-electron chi connectivity index (χ0n) is 17.2. The fraction of sp³-hybridized carbons (Fsp3) is 0.609. The Labute approximate surface area is 167 Å². The number of nitrogens with one attached hydrogen (secondary N) is 1. The molecule has 1 aliphatic carbocycles. The number of amides is 1. The van der Waals surface area contributed by atoms with E-state index in [0.717, 1.165) is 44.8 Å². The molecular weight excluding hydrogens is 350 g/mol. The normalized spacial score (nSPS) is 30.8. The van der Waals surface area contributed by atoms with E-state index in [0.29, 0.717) is 23.8 Å². The smallest absolute Gasteiger partial charge is 0.227 e. The summed E-state index contributed by atoms with van der Waals surface area (Å²) in [4.78, 5) is 21.8. The number of aromatic nitrogens is 1. The fourth-order valence-electron chi connectivity index (χ4n) is 6.25. The zero-order valence-corrected chi connectivity index (χ0v) is 17.2. The second-order valence-corrected chi connectivity index (χ2v) is 8.73. The average Bonchev–Trinajstić information content (AvgIpc) is 3.05. The summed E-state index contributed by atoms with van der Waals surface area (Å²) in [7, 11) is 1.73. The Morgan fingerprint density at radius 2 is 2.11 bits per heavy atom. The van der Waals surface area contributed by atoms with E-state index in [2.05, 4.69) is 35.9 Å². The SMILES string of the molecule is CCN(CC)C(=O)C1CC2CC3c4[nH]c5ccc(OC)cc5c4CCN(C2)C13. The zero-order chi connectivity index (χ0) is 19.4. The minimum absolute atomic E-state index is 0.143. The Kier molecular flexibility index (Phi) is 4.38. The van der Waals surface area contributed by atoms with Gasteiger partial charge in [0.15, 0.2) is 0 Å². The molecule has 4 bridgehead atoms. The van der Waals surface area contributed by atoms with E-state index < -0.39 is 0 Å². The van der Waals surface area contributed by atoms with E-state index in [9.17, 15) is 4.79 Å². The van der Waals surface area contributed by atoms with Gasteiger partial charge in [-0.15, -0.1) is 0 Å². The van der Waals surface area contributed by atoms with Crippen LogP contribution >= 0.6 is 0 Å². The molecule has 3 fully saturated rings. The molecule has 1 aromatic carbocycles. The highest BCUT2D eigenvalue weighted by molar-refractivity contribution is 5.87. The summed E-state index contributed by atoms with van der Waals surface area (Å²) in [6.07, 6.45) is 3.32. The lowest BCUT2D eigenvalue weighted by molar-refractivity contribution is -0.144. The Bertz CT molecular complexity index is 901. The van der Waals surface area contributed by atoms with E-state index in [1.807, 2.05) is 11.0 Å². The number of carbonyl (C=O) groups excluding carboxylic acids is 1. The molecule has 1 aromatic heterocycles. The lowest BCUT2D eigenvalue weighted by atomic mass is 9.65. The first kappa shape index (κ1) is 18.0. The van der Waals surface area contributed by atoms with Gasteiger partial charge in [-0.1, -0.05) is 0 Å². The summed E-state index contributed by atoms with van der Waals surface area (Å²) in [5.74, 6) is 2.50. The van der Waals surface area contributed by atoms with Crippen LogP contribution in [0.15, 0.2) is 18.2 Å². The van der Waals surface area contributed by atoms with Crippen molar-refractivity contribution in [2.45, 2.75) is 45.1 Å². The van der Waals surface area contributed by atoms with Crippen LogP contribution in [0.25, 0.3) is 10.9 Å². The number of benzene rings is 1. The van der Waals surface area contributed by atoms with Crippen molar-refractivity contribution in [1.29, 1.82) is 0 Å². The van der Waals surface area contributed by atoms with E-state index in [4.69, 9.17) is 4.74 Å². The first-order valence-corrected chi connectivity index (χ1v) is 10.9. The van der Waals surface area contributed by atoms with Gasteiger partial charge in [-0.2, -0.15) is 0 Å². The summed E-state index contributed by atoms with van der Waals surface area (Å²) in [5, 5.41) is 1.30. The number of methoxy groups -OCH3 is 1. The molecule has 4 aliphatic rings. The van der Waals surface area contributed by atoms with E-state index in [1.54, 1.807) is 7.11 Å². The Balaban J connectivity index is 1.57. The number of rotatable bonds is 4. The van der Waals surface area contributed by atoms with Crippen molar-refractivity contribution in [3.8, 4) is 5.75 Å². The molecule has 5 nitrogen and oxygen atoms in total. The van der Waals surface area contributed by atoms with Crippen LogP contribution in [0.3, 0.4) is 0 Å². The van der Waals surface area contributed by atoms with Gasteiger partial charge in [0.05, 0.1) is 13.0 Å². The van der Waals surface area contributed by atoms with Crippen molar-refractivity contribution in [3.63, 3.8) is 0 Å². The topological polar surface area (TPSA) is 48.6 Å². The molecule has 1 amide bonds. The number of H-pyrrole nitrogens is 1. The van der Waals surface area contributed by atoms with E-state index >= 15 is 0 Å². The number of fused-ring (bicyclic) bond motifs is 4. The third-order valence-corrected chi connectivity index (χ3v) is 7.47. The highest BCUT2D eigenvalue weighted by atomic mass is 16.5.